The van der Waals surface area contributed by atoms with Gasteiger partial charge in [-0.3, -0.25) is 20.0 Å². The number of aromatic amines is 1. The molecule has 0 saturated carbocycles. The highest BCUT2D eigenvalue weighted by atomic mass is 35.5. The Morgan fingerprint density at radius 3 is 2.36 bits per heavy atom. The number of nitrogens with zero attached hydrogens (tertiary/aromatic N) is 2. The van der Waals surface area contributed by atoms with E-state index in [1.54, 1.807) is 0 Å². The van der Waals surface area contributed by atoms with E-state index in [4.69, 9.17) is 5.73 Å². The molecule has 0 saturated heterocycles. The molecule has 0 atom stereocenters. The molecule has 0 bridgehead atoms. The minimum atomic E-state index is -0.426. The summed E-state index contributed by atoms with van der Waals surface area (Å²) in [5, 5.41) is 11.6. The van der Waals surface area contributed by atoms with Crippen molar-refractivity contribution in [3.8, 4) is 11.4 Å². The van der Waals surface area contributed by atoms with E-state index >= 15 is 0 Å². The Bertz CT molecular complexity index is 721. The number of hydrogen-bond donors (Lipinski definition) is 4. The first-order valence-corrected chi connectivity index (χ1v) is 7.59. The number of anilines is 1. The molecule has 0 spiro atoms. The monoisotopic (exact) mass is 366 g/mol. The predicted molar refractivity (Wildman–Crippen MR) is 98.5 cm³/mol. The fourth-order valence-corrected chi connectivity index (χ4v) is 1.99. The third-order valence-corrected chi connectivity index (χ3v) is 3.39. The van der Waals surface area contributed by atoms with Crippen molar-refractivity contribution in [3.05, 3.63) is 29.8 Å². The third kappa shape index (κ3) is 5.84. The molecule has 8 nitrogen and oxygen atoms in total. The molecule has 0 aliphatic heterocycles. The van der Waals surface area contributed by atoms with E-state index in [2.05, 4.69) is 46.6 Å². The second kappa shape index (κ2) is 8.59. The molecule has 1 aromatic heterocycles. The maximum atomic E-state index is 11.7. The van der Waals surface area contributed by atoms with Crippen LogP contribution < -0.4 is 16.4 Å². The molecule has 2 aromatic rings. The maximum absolute atomic E-state index is 11.7. The van der Waals surface area contributed by atoms with Crippen molar-refractivity contribution in [2.75, 3.05) is 18.4 Å². The number of carbonyl (C=O) groups excluding carboxylic acids is 2. The Labute approximate surface area is 152 Å². The van der Waals surface area contributed by atoms with Crippen molar-refractivity contribution in [2.45, 2.75) is 26.2 Å². The average molecular weight is 367 g/mol. The largest absolute Gasteiger partial charge is 0.346 e. The van der Waals surface area contributed by atoms with Crippen LogP contribution in [0.4, 0.5) is 5.95 Å². The smallest absolute Gasteiger partial charge is 0.249 e. The highest BCUT2D eigenvalue weighted by Gasteiger charge is 2.14. The quantitative estimate of drug-likeness (QED) is 0.632. The topological polar surface area (TPSA) is 126 Å². The summed E-state index contributed by atoms with van der Waals surface area (Å²) in [6.07, 6.45) is 0. The van der Waals surface area contributed by atoms with Crippen LogP contribution in [-0.2, 0) is 15.0 Å². The van der Waals surface area contributed by atoms with Crippen LogP contribution in [0.5, 0.6) is 0 Å². The van der Waals surface area contributed by atoms with Crippen LogP contribution in [-0.4, -0.2) is 40.1 Å². The van der Waals surface area contributed by atoms with Crippen molar-refractivity contribution in [1.29, 1.82) is 0 Å². The van der Waals surface area contributed by atoms with Gasteiger partial charge in [0.05, 0.1) is 13.1 Å². The summed E-state index contributed by atoms with van der Waals surface area (Å²) in [5.41, 5.74) is 7.30. The van der Waals surface area contributed by atoms with Crippen molar-refractivity contribution in [2.24, 2.45) is 5.73 Å². The van der Waals surface area contributed by atoms with Gasteiger partial charge in [0.25, 0.3) is 0 Å². The van der Waals surface area contributed by atoms with Crippen LogP contribution in [0, 0.1) is 0 Å². The SMILES string of the molecule is CC(C)(C)c1ccc(-c2nc(NC(=O)CNC(=O)CN)n[nH]2)cc1.Cl. The van der Waals surface area contributed by atoms with E-state index in [1.807, 2.05) is 24.3 Å². The number of nitrogens with one attached hydrogen (secondary N) is 3. The zero-order chi connectivity index (χ0) is 17.7. The number of carbonyl (C=O) groups is 2. The van der Waals surface area contributed by atoms with Crippen LogP contribution in [0.1, 0.15) is 26.3 Å². The number of nitrogens with two attached hydrogens (primary N) is 1. The van der Waals surface area contributed by atoms with Crippen LogP contribution >= 0.6 is 12.4 Å². The zero-order valence-electron chi connectivity index (χ0n) is 14.4. The molecule has 0 unspecified atom stereocenters. The second-order valence-corrected chi connectivity index (χ2v) is 6.36. The highest BCUT2D eigenvalue weighted by molar-refractivity contribution is 5.93. The minimum Gasteiger partial charge on any atom is -0.346 e. The molecule has 5 N–H and O–H groups in total. The number of halogens is 1. The lowest BCUT2D eigenvalue weighted by molar-refractivity contribution is -0.123. The maximum Gasteiger partial charge on any atom is 0.249 e. The van der Waals surface area contributed by atoms with E-state index in [0.29, 0.717) is 5.82 Å². The molecule has 0 aliphatic carbocycles. The molecule has 136 valence electrons. The van der Waals surface area contributed by atoms with Gasteiger partial charge in [-0.2, -0.15) is 4.98 Å². The number of benzene rings is 1. The Morgan fingerprint density at radius 2 is 1.80 bits per heavy atom. The summed E-state index contributed by atoms with van der Waals surface area (Å²) in [7, 11) is 0. The van der Waals surface area contributed by atoms with Crippen LogP contribution in [0.3, 0.4) is 0 Å². The molecule has 0 fully saturated rings. The first-order chi connectivity index (χ1) is 11.3. The van der Waals surface area contributed by atoms with E-state index in [-0.39, 0.29) is 36.9 Å². The first kappa shape index (κ1) is 20.6. The molecule has 0 aliphatic rings. The number of aromatic nitrogens is 3. The standard InChI is InChI=1S/C16H22N6O2.ClH/c1-16(2,3)11-6-4-10(5-7-11)14-20-15(22-21-14)19-13(24)9-18-12(23)8-17;/h4-7H,8-9,17H2,1-3H3,(H,18,23)(H2,19,20,21,22,24);1H. The number of rotatable bonds is 5. The van der Waals surface area contributed by atoms with E-state index < -0.39 is 11.8 Å². The summed E-state index contributed by atoms with van der Waals surface area (Å²) >= 11 is 0. The molecule has 25 heavy (non-hydrogen) atoms. The average Bonchev–Trinajstić information content (AvgIpc) is 3.00. The van der Waals surface area contributed by atoms with Gasteiger partial charge in [0.2, 0.25) is 17.8 Å². The molecule has 2 rings (SSSR count). The normalized spacial score (nSPS) is 10.7. The van der Waals surface area contributed by atoms with Gasteiger partial charge in [-0.15, -0.1) is 17.5 Å². The predicted octanol–water partition coefficient (Wildman–Crippen LogP) is 1.20. The van der Waals surface area contributed by atoms with Gasteiger partial charge in [0.1, 0.15) is 0 Å². The molecular weight excluding hydrogens is 344 g/mol. The lowest BCUT2D eigenvalue weighted by Gasteiger charge is -2.18. The van der Waals surface area contributed by atoms with Gasteiger partial charge in [-0.05, 0) is 11.0 Å². The summed E-state index contributed by atoms with van der Waals surface area (Å²) in [6.45, 7) is 6.09. The molecule has 2 amide bonds. The van der Waals surface area contributed by atoms with E-state index in [1.165, 1.54) is 5.56 Å². The summed E-state index contributed by atoms with van der Waals surface area (Å²) in [5.74, 6) is -0.126. The Balaban J connectivity index is 0.00000312. The lowest BCUT2D eigenvalue weighted by Crippen LogP contribution is -2.36. The van der Waals surface area contributed by atoms with Crippen LogP contribution in [0.25, 0.3) is 11.4 Å². The van der Waals surface area contributed by atoms with Crippen molar-refractivity contribution < 1.29 is 9.59 Å². The number of hydrogen-bond acceptors (Lipinski definition) is 5. The molecule has 1 heterocycles. The first-order valence-electron chi connectivity index (χ1n) is 7.59. The molecule has 9 heteroatoms. The molecular formula is C16H23ClN6O2. The van der Waals surface area contributed by atoms with Gasteiger partial charge in [-0.25, -0.2) is 0 Å². The van der Waals surface area contributed by atoms with Gasteiger partial charge in [0, 0.05) is 5.56 Å². The van der Waals surface area contributed by atoms with Gasteiger partial charge in [-0.1, -0.05) is 45.0 Å². The van der Waals surface area contributed by atoms with E-state index in [0.717, 1.165) is 5.56 Å². The number of H-pyrrole nitrogens is 1. The van der Waals surface area contributed by atoms with Crippen molar-refractivity contribution >= 4 is 30.2 Å². The van der Waals surface area contributed by atoms with Crippen LogP contribution in [0.15, 0.2) is 24.3 Å². The number of amides is 2. The van der Waals surface area contributed by atoms with Gasteiger partial charge < -0.3 is 11.1 Å². The molecule has 1 aromatic carbocycles. The zero-order valence-corrected chi connectivity index (χ0v) is 15.2. The fraction of sp³-hybridized carbons (Fsp3) is 0.375. The fourth-order valence-electron chi connectivity index (χ4n) is 1.99. The third-order valence-electron chi connectivity index (χ3n) is 3.39. The molecule has 0 radical (unpaired) electrons. The Morgan fingerprint density at radius 1 is 1.16 bits per heavy atom. The summed E-state index contributed by atoms with van der Waals surface area (Å²) in [4.78, 5) is 26.9. The second-order valence-electron chi connectivity index (χ2n) is 6.36. The van der Waals surface area contributed by atoms with E-state index in [9.17, 15) is 9.59 Å². The van der Waals surface area contributed by atoms with Gasteiger partial charge >= 0.3 is 0 Å². The van der Waals surface area contributed by atoms with Crippen molar-refractivity contribution in [1.82, 2.24) is 20.5 Å². The van der Waals surface area contributed by atoms with Crippen LogP contribution in [0.2, 0.25) is 0 Å². The Hall–Kier alpha value is -2.45. The highest BCUT2D eigenvalue weighted by Crippen LogP contribution is 2.24. The summed E-state index contributed by atoms with van der Waals surface area (Å²) < 4.78 is 0. The minimum absolute atomic E-state index is 0. The lowest BCUT2D eigenvalue weighted by atomic mass is 9.87. The van der Waals surface area contributed by atoms with Crippen molar-refractivity contribution in [3.63, 3.8) is 0 Å². The Kier molecular flexibility index (Phi) is 7.08. The van der Waals surface area contributed by atoms with Gasteiger partial charge in [0.15, 0.2) is 5.82 Å². The summed E-state index contributed by atoms with van der Waals surface area (Å²) in [6, 6.07) is 7.99.